The summed E-state index contributed by atoms with van der Waals surface area (Å²) in [6, 6.07) is 14.7. The number of nitrogen functional groups attached to an aromatic ring is 1. The van der Waals surface area contributed by atoms with Crippen LogP contribution < -0.4 is 19.9 Å². The number of nitrogens with zero attached hydrogens (tertiary/aromatic N) is 4. The largest absolute Gasteiger partial charge is 0.493 e. The zero-order valence-corrected chi connectivity index (χ0v) is 27.0. The van der Waals surface area contributed by atoms with Crippen molar-refractivity contribution in [1.29, 1.82) is 0 Å². The van der Waals surface area contributed by atoms with Crippen molar-refractivity contribution < 1.29 is 23.8 Å². The molecule has 4 aliphatic heterocycles. The van der Waals surface area contributed by atoms with Gasteiger partial charge in [0, 0.05) is 55.5 Å². The van der Waals surface area contributed by atoms with Crippen LogP contribution in [0.15, 0.2) is 76.5 Å². The molecule has 1 saturated carbocycles. The molecule has 244 valence electrons. The van der Waals surface area contributed by atoms with Crippen LogP contribution in [-0.2, 0) is 0 Å². The van der Waals surface area contributed by atoms with Gasteiger partial charge in [-0.3, -0.25) is 19.6 Å². The van der Waals surface area contributed by atoms with Gasteiger partial charge in [0.2, 0.25) is 0 Å². The number of hydrogen-bond acceptors (Lipinski definition) is 8. The Hall–Kier alpha value is -5.38. The number of methoxy groups -OCH3 is 1. The van der Waals surface area contributed by atoms with Gasteiger partial charge in [-0.2, -0.15) is 0 Å². The lowest BCUT2D eigenvalue weighted by atomic mass is 10.0. The molecule has 0 saturated heterocycles. The van der Waals surface area contributed by atoms with Crippen molar-refractivity contribution in [2.75, 3.05) is 26.1 Å². The Labute approximate surface area is 279 Å². The molecule has 0 aromatic heterocycles. The normalized spacial score (nSPS) is 20.7. The maximum Gasteiger partial charge on any atom is 0.260 e. The number of rotatable bonds is 9. The van der Waals surface area contributed by atoms with Crippen LogP contribution in [0.25, 0.3) is 5.57 Å². The Kier molecular flexibility index (Phi) is 7.50. The van der Waals surface area contributed by atoms with E-state index in [1.54, 1.807) is 24.1 Å². The summed E-state index contributed by atoms with van der Waals surface area (Å²) >= 11 is 0. The molecule has 4 heterocycles. The summed E-state index contributed by atoms with van der Waals surface area (Å²) in [4.78, 5) is 40.0. The number of amides is 2. The highest BCUT2D eigenvalue weighted by molar-refractivity contribution is 6.06. The van der Waals surface area contributed by atoms with Gasteiger partial charge in [-0.15, -0.1) is 0 Å². The lowest BCUT2D eigenvalue weighted by Gasteiger charge is -2.19. The van der Waals surface area contributed by atoms with Crippen molar-refractivity contribution in [2.45, 2.75) is 51.1 Å². The van der Waals surface area contributed by atoms with E-state index in [2.05, 4.69) is 4.99 Å². The Morgan fingerprint density at radius 2 is 1.42 bits per heavy atom. The van der Waals surface area contributed by atoms with Gasteiger partial charge in [-0.1, -0.05) is 12.1 Å². The monoisotopic (exact) mass is 643 g/mol. The topological polar surface area (TPSA) is 119 Å². The number of nitrogens with two attached hydrogens (primary N) is 1. The third-order valence-electron chi connectivity index (χ3n) is 9.65. The SMILES string of the molecule is COc1cc2c(cc1OCCCOc1cc3c(cc1C)C(=O)N1C=C(c4ccc(N)cc4)C[C@H]1C=N3)N=C[C@@H]1CC(C3CC3)=CN1C2=O. The van der Waals surface area contributed by atoms with Crippen LogP contribution >= 0.6 is 0 Å². The zero-order valence-electron chi connectivity index (χ0n) is 27.0. The Morgan fingerprint density at radius 3 is 2.10 bits per heavy atom. The van der Waals surface area contributed by atoms with Crippen LogP contribution in [0.3, 0.4) is 0 Å². The van der Waals surface area contributed by atoms with Crippen molar-refractivity contribution in [3.05, 3.63) is 88.8 Å². The second-order valence-electron chi connectivity index (χ2n) is 13.0. The van der Waals surface area contributed by atoms with Crippen LogP contribution in [0.4, 0.5) is 17.1 Å². The highest BCUT2D eigenvalue weighted by atomic mass is 16.5. The third-order valence-corrected chi connectivity index (χ3v) is 9.65. The quantitative estimate of drug-likeness (QED) is 0.207. The van der Waals surface area contributed by atoms with Crippen molar-refractivity contribution in [1.82, 2.24) is 9.80 Å². The molecule has 2 atom stereocenters. The first-order valence-electron chi connectivity index (χ1n) is 16.5. The van der Waals surface area contributed by atoms with Crippen molar-refractivity contribution in [2.24, 2.45) is 15.9 Å². The molecule has 2 amide bonds. The molecular formula is C38H37N5O5. The van der Waals surface area contributed by atoms with Gasteiger partial charge in [0.1, 0.15) is 5.75 Å². The average Bonchev–Trinajstić information content (AvgIpc) is 3.77. The first-order chi connectivity index (χ1) is 23.4. The number of fused-ring (bicyclic) bond motifs is 4. The molecule has 0 radical (unpaired) electrons. The minimum atomic E-state index is -0.151. The van der Waals surface area contributed by atoms with E-state index in [4.69, 9.17) is 24.9 Å². The molecule has 10 nitrogen and oxygen atoms in total. The second-order valence-corrected chi connectivity index (χ2v) is 13.0. The fourth-order valence-electron chi connectivity index (χ4n) is 6.83. The number of carbonyl (C=O) groups is 2. The molecule has 0 unspecified atom stereocenters. The van der Waals surface area contributed by atoms with E-state index in [-0.39, 0.29) is 23.9 Å². The molecule has 48 heavy (non-hydrogen) atoms. The van der Waals surface area contributed by atoms with E-state index >= 15 is 0 Å². The maximum absolute atomic E-state index is 13.6. The van der Waals surface area contributed by atoms with Gasteiger partial charge in [-0.05, 0) is 78.6 Å². The van der Waals surface area contributed by atoms with Gasteiger partial charge in [-0.25, -0.2) is 0 Å². The fourth-order valence-corrected chi connectivity index (χ4v) is 6.83. The van der Waals surface area contributed by atoms with E-state index in [0.717, 1.165) is 23.1 Å². The first-order valence-corrected chi connectivity index (χ1v) is 16.5. The molecule has 1 aliphatic carbocycles. The van der Waals surface area contributed by atoms with Crippen molar-refractivity contribution in [3.63, 3.8) is 0 Å². The standard InChI is InChI=1S/C38H37N5O5/c1-22-12-30-32(40-18-28-14-26(21-42(28)37(30)44)24-6-8-27(39)9-7-24)16-34(22)47-10-3-11-48-36-17-33-31(15-35(36)46-2)38(45)43-20-25(23-4-5-23)13-29(43)19-41-33/h6-9,12,15-21,23,28-29H,3-5,10-11,13-14,39H2,1-2H3/t28-,29-/m0/s1. The van der Waals surface area contributed by atoms with E-state index in [1.165, 1.54) is 18.4 Å². The van der Waals surface area contributed by atoms with Crippen molar-refractivity contribution in [3.8, 4) is 17.2 Å². The Morgan fingerprint density at radius 1 is 0.792 bits per heavy atom. The number of anilines is 1. The molecule has 3 aromatic carbocycles. The van der Waals surface area contributed by atoms with E-state index in [1.807, 2.05) is 73.1 Å². The minimum absolute atomic E-state index is 0.0459. The molecule has 3 aromatic rings. The van der Waals surface area contributed by atoms with E-state index < -0.39 is 0 Å². The van der Waals surface area contributed by atoms with Gasteiger partial charge in [0.05, 0.1) is 54.9 Å². The van der Waals surface area contributed by atoms with Crippen LogP contribution in [-0.4, -0.2) is 66.5 Å². The summed E-state index contributed by atoms with van der Waals surface area (Å²) in [5.74, 6) is 2.17. The van der Waals surface area contributed by atoms with Crippen molar-refractivity contribution >= 4 is 46.9 Å². The van der Waals surface area contributed by atoms with Gasteiger partial charge in [0.15, 0.2) is 11.5 Å². The Balaban J connectivity index is 0.902. The molecule has 0 bridgehead atoms. The Bertz CT molecular complexity index is 1940. The van der Waals surface area contributed by atoms with E-state index in [9.17, 15) is 9.59 Å². The zero-order chi connectivity index (χ0) is 32.9. The predicted molar refractivity (Wildman–Crippen MR) is 185 cm³/mol. The third kappa shape index (κ3) is 5.51. The summed E-state index contributed by atoms with van der Waals surface area (Å²) in [7, 11) is 1.57. The van der Waals surface area contributed by atoms with Crippen LogP contribution in [0.2, 0.25) is 0 Å². The highest BCUT2D eigenvalue weighted by Gasteiger charge is 2.38. The summed E-state index contributed by atoms with van der Waals surface area (Å²) in [5.41, 5.74) is 13.1. The number of benzene rings is 3. The van der Waals surface area contributed by atoms with Gasteiger partial charge < -0.3 is 29.7 Å². The lowest BCUT2D eigenvalue weighted by Crippen LogP contribution is -2.32. The number of ether oxygens (including phenoxy) is 3. The van der Waals surface area contributed by atoms with Crippen LogP contribution in [0.5, 0.6) is 17.2 Å². The first kappa shape index (κ1) is 30.0. The highest BCUT2D eigenvalue weighted by Crippen LogP contribution is 2.44. The average molecular weight is 644 g/mol. The maximum atomic E-state index is 13.6. The fraction of sp³-hybridized carbons (Fsp3) is 0.316. The summed E-state index contributed by atoms with van der Waals surface area (Å²) in [6.07, 6.45) is 12.2. The second kappa shape index (κ2) is 12.0. The molecule has 1 fully saturated rings. The molecule has 0 spiro atoms. The molecule has 8 rings (SSSR count). The number of hydrogen-bond donors (Lipinski definition) is 1. The number of carbonyl (C=O) groups excluding carboxylic acids is 2. The minimum Gasteiger partial charge on any atom is -0.493 e. The smallest absolute Gasteiger partial charge is 0.260 e. The molecule has 10 heteroatoms. The summed E-state index contributed by atoms with van der Waals surface area (Å²) < 4.78 is 17.8. The summed E-state index contributed by atoms with van der Waals surface area (Å²) in [6.45, 7) is 2.70. The summed E-state index contributed by atoms with van der Waals surface area (Å²) in [5, 5.41) is 0. The van der Waals surface area contributed by atoms with Crippen LogP contribution in [0.1, 0.15) is 63.9 Å². The number of aryl methyl sites for hydroxylation is 1. The molecule has 2 N–H and O–H groups in total. The van der Waals surface area contributed by atoms with Crippen LogP contribution in [0, 0.1) is 12.8 Å². The predicted octanol–water partition coefficient (Wildman–Crippen LogP) is 6.63. The lowest BCUT2D eigenvalue weighted by molar-refractivity contribution is 0.0809. The van der Waals surface area contributed by atoms with Gasteiger partial charge >= 0.3 is 0 Å². The number of aliphatic imine (C=N–C) groups is 2. The molecular weight excluding hydrogens is 606 g/mol. The van der Waals surface area contributed by atoms with E-state index in [0.29, 0.717) is 77.4 Å². The molecule has 5 aliphatic rings. The van der Waals surface area contributed by atoms with Gasteiger partial charge in [0.25, 0.3) is 11.8 Å².